The van der Waals surface area contributed by atoms with E-state index in [2.05, 4.69) is 13.2 Å². The molecule has 4 rings (SSSR count). The zero-order chi connectivity index (χ0) is 27.0. The minimum absolute atomic E-state index is 0.106. The largest absolute Gasteiger partial charge is 0.396 e. The van der Waals surface area contributed by atoms with Crippen molar-refractivity contribution in [1.82, 2.24) is 9.80 Å². The van der Waals surface area contributed by atoms with Crippen LogP contribution in [0.25, 0.3) is 0 Å². The monoisotopic (exact) mass is 509 g/mol. The van der Waals surface area contributed by atoms with Crippen molar-refractivity contribution in [3.63, 3.8) is 0 Å². The van der Waals surface area contributed by atoms with Gasteiger partial charge in [-0.05, 0) is 52.2 Å². The van der Waals surface area contributed by atoms with Crippen molar-refractivity contribution in [2.45, 2.75) is 63.3 Å². The standard InChI is InChI=1S/C29H39N3O5/c1-6-16-30(20-12-9-8-10-13-20)25(34)22-21-14-15-29(37-21)23(22)26(35)31(18-11-19-33)24(29)27(36)32(17-7-2)28(3,4)5/h6-10,12-13,21-24,33H,1-2,11,14-19H2,3-5H3/t21-,22+,23-,24?,29?/m0/s1. The maximum Gasteiger partial charge on any atom is 0.249 e. The van der Waals surface area contributed by atoms with E-state index in [9.17, 15) is 19.5 Å². The van der Waals surface area contributed by atoms with Crippen LogP contribution in [0.5, 0.6) is 0 Å². The molecule has 1 spiro atoms. The van der Waals surface area contributed by atoms with Gasteiger partial charge in [0.25, 0.3) is 0 Å². The van der Waals surface area contributed by atoms with E-state index in [4.69, 9.17) is 4.74 Å². The van der Waals surface area contributed by atoms with E-state index in [1.165, 1.54) is 0 Å². The van der Waals surface area contributed by atoms with Gasteiger partial charge in [-0.2, -0.15) is 0 Å². The SMILES string of the molecule is C=CCN(C(=O)[C@@H]1[C@@H]2CCC3(O2)C(C(=O)N(CC=C)C(C)(C)C)N(CCCO)C(=O)[C@H]13)c1ccccc1. The lowest BCUT2D eigenvalue weighted by Gasteiger charge is -2.42. The summed E-state index contributed by atoms with van der Waals surface area (Å²) in [6.45, 7) is 14.2. The van der Waals surface area contributed by atoms with Crippen LogP contribution < -0.4 is 4.90 Å². The van der Waals surface area contributed by atoms with Crippen LogP contribution in [0.15, 0.2) is 55.6 Å². The molecular formula is C29H39N3O5. The molecule has 1 N–H and O–H groups in total. The summed E-state index contributed by atoms with van der Waals surface area (Å²) in [5.41, 5.74) is -0.856. The van der Waals surface area contributed by atoms with Crippen molar-refractivity contribution < 1.29 is 24.2 Å². The van der Waals surface area contributed by atoms with Gasteiger partial charge in [-0.3, -0.25) is 14.4 Å². The lowest BCUT2D eigenvalue weighted by Crippen LogP contribution is -2.60. The van der Waals surface area contributed by atoms with Gasteiger partial charge in [0.05, 0.1) is 17.9 Å². The topological polar surface area (TPSA) is 90.4 Å². The van der Waals surface area contributed by atoms with Gasteiger partial charge in [0.15, 0.2) is 0 Å². The number of hydrogen-bond acceptors (Lipinski definition) is 5. The molecule has 2 unspecified atom stereocenters. The van der Waals surface area contributed by atoms with Crippen LogP contribution in [-0.2, 0) is 19.1 Å². The van der Waals surface area contributed by atoms with Crippen LogP contribution in [0.2, 0.25) is 0 Å². The highest BCUT2D eigenvalue weighted by atomic mass is 16.5. The molecule has 5 atom stereocenters. The number of nitrogens with zero attached hydrogens (tertiary/aromatic N) is 3. The van der Waals surface area contributed by atoms with Gasteiger partial charge in [0, 0.05) is 37.5 Å². The average Bonchev–Trinajstić information content (AvgIpc) is 3.51. The van der Waals surface area contributed by atoms with E-state index in [0.29, 0.717) is 32.4 Å². The van der Waals surface area contributed by atoms with Crippen molar-refractivity contribution in [3.05, 3.63) is 55.6 Å². The number of fused-ring (bicyclic) bond motifs is 1. The van der Waals surface area contributed by atoms with Gasteiger partial charge in [0.1, 0.15) is 11.6 Å². The van der Waals surface area contributed by atoms with Crippen LogP contribution in [0.4, 0.5) is 5.69 Å². The number of benzene rings is 1. The number of anilines is 1. The molecule has 2 bridgehead atoms. The predicted octanol–water partition coefficient (Wildman–Crippen LogP) is 2.78. The first kappa shape index (κ1) is 27.1. The van der Waals surface area contributed by atoms with Crippen molar-refractivity contribution >= 4 is 23.4 Å². The molecule has 3 amide bonds. The molecule has 1 aromatic carbocycles. The number of carbonyl (C=O) groups is 3. The molecule has 8 heteroatoms. The molecule has 1 aromatic rings. The lowest BCUT2D eigenvalue weighted by molar-refractivity contribution is -0.151. The summed E-state index contributed by atoms with van der Waals surface area (Å²) in [6.07, 6.45) is 4.38. The maximum atomic E-state index is 14.2. The summed E-state index contributed by atoms with van der Waals surface area (Å²) in [5.74, 6) is -2.09. The number of aliphatic hydroxyl groups excluding tert-OH is 1. The molecular weight excluding hydrogens is 470 g/mol. The highest BCUT2D eigenvalue weighted by molar-refractivity contribution is 6.03. The Kier molecular flexibility index (Phi) is 7.62. The predicted molar refractivity (Wildman–Crippen MR) is 142 cm³/mol. The molecule has 3 saturated heterocycles. The van der Waals surface area contributed by atoms with Crippen LogP contribution >= 0.6 is 0 Å². The van der Waals surface area contributed by atoms with E-state index in [1.807, 2.05) is 51.1 Å². The van der Waals surface area contributed by atoms with Gasteiger partial charge in [0.2, 0.25) is 17.7 Å². The molecule has 0 aliphatic carbocycles. The fourth-order valence-electron chi connectivity index (χ4n) is 6.41. The number of para-hydroxylation sites is 1. The number of carbonyl (C=O) groups excluding carboxylic acids is 3. The molecule has 0 saturated carbocycles. The zero-order valence-corrected chi connectivity index (χ0v) is 22.1. The van der Waals surface area contributed by atoms with Crippen molar-refractivity contribution in [2.75, 3.05) is 31.1 Å². The molecule has 37 heavy (non-hydrogen) atoms. The third-order valence-corrected chi connectivity index (χ3v) is 7.91. The summed E-state index contributed by atoms with van der Waals surface area (Å²) < 4.78 is 6.57. The maximum absolute atomic E-state index is 14.2. The van der Waals surface area contributed by atoms with E-state index in [-0.39, 0.29) is 30.9 Å². The average molecular weight is 510 g/mol. The summed E-state index contributed by atoms with van der Waals surface area (Å²) >= 11 is 0. The molecule has 0 radical (unpaired) electrons. The Labute approximate surface area is 219 Å². The second-order valence-electron chi connectivity index (χ2n) is 11.1. The fourth-order valence-corrected chi connectivity index (χ4v) is 6.41. The second kappa shape index (κ2) is 10.4. The quantitative estimate of drug-likeness (QED) is 0.490. The minimum Gasteiger partial charge on any atom is -0.396 e. The first-order chi connectivity index (χ1) is 17.6. The number of amides is 3. The van der Waals surface area contributed by atoms with Crippen LogP contribution in [-0.4, -0.2) is 82.2 Å². The third-order valence-electron chi connectivity index (χ3n) is 7.91. The summed E-state index contributed by atoms with van der Waals surface area (Å²) in [4.78, 5) is 47.2. The van der Waals surface area contributed by atoms with Crippen LogP contribution in [0.3, 0.4) is 0 Å². The molecule has 0 aromatic heterocycles. The van der Waals surface area contributed by atoms with Crippen molar-refractivity contribution in [1.29, 1.82) is 0 Å². The normalized spacial score (nSPS) is 28.2. The second-order valence-corrected chi connectivity index (χ2v) is 11.1. The first-order valence-corrected chi connectivity index (χ1v) is 13.1. The highest BCUT2D eigenvalue weighted by Gasteiger charge is 2.75. The summed E-state index contributed by atoms with van der Waals surface area (Å²) in [5, 5.41) is 9.54. The number of hydrogen-bond donors (Lipinski definition) is 1. The molecule has 3 aliphatic heterocycles. The van der Waals surface area contributed by atoms with Gasteiger partial charge < -0.3 is 24.5 Å². The molecule has 200 valence electrons. The molecule has 8 nitrogen and oxygen atoms in total. The Morgan fingerprint density at radius 2 is 1.84 bits per heavy atom. The van der Waals surface area contributed by atoms with E-state index >= 15 is 0 Å². The Morgan fingerprint density at radius 1 is 1.16 bits per heavy atom. The minimum atomic E-state index is -1.07. The van der Waals surface area contributed by atoms with Crippen molar-refractivity contribution in [3.8, 4) is 0 Å². The number of rotatable bonds is 10. The van der Waals surface area contributed by atoms with Gasteiger partial charge in [-0.25, -0.2) is 0 Å². The Balaban J connectivity index is 1.76. The fraction of sp³-hybridized carbons (Fsp3) is 0.552. The lowest BCUT2D eigenvalue weighted by atomic mass is 9.70. The van der Waals surface area contributed by atoms with Crippen LogP contribution in [0, 0.1) is 11.8 Å². The van der Waals surface area contributed by atoms with E-state index in [1.54, 1.807) is 26.9 Å². The van der Waals surface area contributed by atoms with Gasteiger partial charge in [-0.15, -0.1) is 13.2 Å². The van der Waals surface area contributed by atoms with Crippen molar-refractivity contribution in [2.24, 2.45) is 11.8 Å². The summed E-state index contributed by atoms with van der Waals surface area (Å²) in [6, 6.07) is 8.48. The Bertz CT molecular complexity index is 1050. The van der Waals surface area contributed by atoms with Gasteiger partial charge >= 0.3 is 0 Å². The molecule has 3 heterocycles. The number of aliphatic hydroxyl groups is 1. The smallest absolute Gasteiger partial charge is 0.249 e. The Morgan fingerprint density at radius 3 is 2.43 bits per heavy atom. The number of likely N-dealkylation sites (tertiary alicyclic amines) is 1. The summed E-state index contributed by atoms with van der Waals surface area (Å²) in [7, 11) is 0. The van der Waals surface area contributed by atoms with E-state index in [0.717, 1.165) is 5.69 Å². The number of ether oxygens (including phenoxy) is 1. The zero-order valence-electron chi connectivity index (χ0n) is 22.1. The van der Waals surface area contributed by atoms with E-state index < -0.39 is 35.1 Å². The van der Waals surface area contributed by atoms with Crippen LogP contribution in [0.1, 0.15) is 40.0 Å². The first-order valence-electron chi connectivity index (χ1n) is 13.1. The molecule has 3 aliphatic rings. The molecule has 3 fully saturated rings. The third kappa shape index (κ3) is 4.50. The highest BCUT2D eigenvalue weighted by Crippen LogP contribution is 2.59. The Hall–Kier alpha value is -2.97. The van der Waals surface area contributed by atoms with Gasteiger partial charge in [-0.1, -0.05) is 30.4 Å².